The van der Waals surface area contributed by atoms with Gasteiger partial charge < -0.3 is 10.1 Å². The molecule has 0 spiro atoms. The molecular weight excluding hydrogens is 373 g/mol. The van der Waals surface area contributed by atoms with Crippen LogP contribution in [0.2, 0.25) is 10.0 Å². The molecule has 0 aliphatic heterocycles. The number of hydrogen-bond acceptors (Lipinski definition) is 3. The Morgan fingerprint density at radius 2 is 1.77 bits per heavy atom. The van der Waals surface area contributed by atoms with Crippen molar-refractivity contribution in [1.82, 2.24) is 5.32 Å². The van der Waals surface area contributed by atoms with Crippen LogP contribution >= 0.6 is 23.2 Å². The maximum absolute atomic E-state index is 11.8. The van der Waals surface area contributed by atoms with Gasteiger partial charge in [0.2, 0.25) is 5.91 Å². The Labute approximate surface area is 163 Å². The first kappa shape index (κ1) is 20.3. The maximum Gasteiger partial charge on any atom is 0.306 e. The summed E-state index contributed by atoms with van der Waals surface area (Å²) in [5, 5.41) is 3.77. The number of aryl methyl sites for hydroxylation is 1. The van der Waals surface area contributed by atoms with Crippen molar-refractivity contribution in [3.05, 3.63) is 69.7 Å². The SMILES string of the molecule is O=C(CCC(=O)OCCCc1ccccc1)NCc1ccc(Cl)cc1Cl. The van der Waals surface area contributed by atoms with Crippen LogP contribution in [0.1, 0.15) is 30.4 Å². The zero-order valence-corrected chi connectivity index (χ0v) is 15.9. The molecule has 0 heterocycles. The maximum atomic E-state index is 11.8. The molecule has 0 aliphatic rings. The van der Waals surface area contributed by atoms with E-state index in [0.717, 1.165) is 18.4 Å². The zero-order chi connectivity index (χ0) is 18.8. The molecule has 2 aromatic carbocycles. The average molecular weight is 394 g/mol. The van der Waals surface area contributed by atoms with Crippen LogP contribution < -0.4 is 5.32 Å². The summed E-state index contributed by atoms with van der Waals surface area (Å²) < 4.78 is 5.15. The van der Waals surface area contributed by atoms with Crippen LogP contribution in [0, 0.1) is 0 Å². The number of nitrogens with one attached hydrogen (secondary N) is 1. The lowest BCUT2D eigenvalue weighted by Crippen LogP contribution is -2.23. The Bertz CT molecular complexity index is 735. The minimum Gasteiger partial charge on any atom is -0.466 e. The number of ether oxygens (including phenoxy) is 1. The molecule has 2 rings (SSSR count). The van der Waals surface area contributed by atoms with Crippen LogP contribution in [0.25, 0.3) is 0 Å². The van der Waals surface area contributed by atoms with E-state index in [4.69, 9.17) is 27.9 Å². The van der Waals surface area contributed by atoms with E-state index in [1.807, 2.05) is 30.3 Å². The highest BCUT2D eigenvalue weighted by Crippen LogP contribution is 2.20. The molecule has 0 aromatic heterocycles. The van der Waals surface area contributed by atoms with E-state index in [-0.39, 0.29) is 24.7 Å². The molecule has 6 heteroatoms. The van der Waals surface area contributed by atoms with E-state index in [1.165, 1.54) is 5.56 Å². The first-order valence-corrected chi connectivity index (χ1v) is 9.20. The summed E-state index contributed by atoms with van der Waals surface area (Å²) in [6.07, 6.45) is 1.77. The van der Waals surface area contributed by atoms with Crippen LogP contribution in [0.3, 0.4) is 0 Å². The topological polar surface area (TPSA) is 55.4 Å². The first-order chi connectivity index (χ1) is 12.5. The van der Waals surface area contributed by atoms with Gasteiger partial charge in [0.05, 0.1) is 13.0 Å². The van der Waals surface area contributed by atoms with Crippen LogP contribution in [-0.4, -0.2) is 18.5 Å². The number of halogens is 2. The van der Waals surface area contributed by atoms with Gasteiger partial charge in [0.15, 0.2) is 0 Å². The van der Waals surface area contributed by atoms with Crippen molar-refractivity contribution < 1.29 is 14.3 Å². The molecular formula is C20H21Cl2NO3. The number of benzene rings is 2. The van der Waals surface area contributed by atoms with Gasteiger partial charge >= 0.3 is 5.97 Å². The smallest absolute Gasteiger partial charge is 0.306 e. The minimum absolute atomic E-state index is 0.0610. The molecule has 0 radical (unpaired) electrons. The highest BCUT2D eigenvalue weighted by atomic mass is 35.5. The molecule has 0 fully saturated rings. The standard InChI is InChI=1S/C20H21Cl2NO3/c21-17-9-8-16(18(22)13-17)14-23-19(24)10-11-20(25)26-12-4-7-15-5-2-1-3-6-15/h1-3,5-6,8-9,13H,4,7,10-12,14H2,(H,23,24). The second-order valence-electron chi connectivity index (χ2n) is 5.82. The number of rotatable bonds is 9. The van der Waals surface area contributed by atoms with Crippen molar-refractivity contribution >= 4 is 35.1 Å². The second-order valence-corrected chi connectivity index (χ2v) is 6.67. The molecule has 0 bridgehead atoms. The molecule has 138 valence electrons. The Morgan fingerprint density at radius 3 is 2.50 bits per heavy atom. The molecule has 0 unspecified atom stereocenters. The van der Waals surface area contributed by atoms with Crippen molar-refractivity contribution in [2.24, 2.45) is 0 Å². The molecule has 1 amide bonds. The van der Waals surface area contributed by atoms with E-state index in [1.54, 1.807) is 18.2 Å². The van der Waals surface area contributed by atoms with Gasteiger partial charge in [-0.25, -0.2) is 0 Å². The summed E-state index contributed by atoms with van der Waals surface area (Å²) in [4.78, 5) is 23.5. The summed E-state index contributed by atoms with van der Waals surface area (Å²) in [5.74, 6) is -0.588. The van der Waals surface area contributed by atoms with Crippen molar-refractivity contribution in [2.45, 2.75) is 32.2 Å². The quantitative estimate of drug-likeness (QED) is 0.501. The molecule has 26 heavy (non-hydrogen) atoms. The Kier molecular flexibility index (Phi) is 8.45. The van der Waals surface area contributed by atoms with Crippen molar-refractivity contribution in [1.29, 1.82) is 0 Å². The summed E-state index contributed by atoms with van der Waals surface area (Å²) in [6.45, 7) is 0.649. The fourth-order valence-electron chi connectivity index (χ4n) is 2.34. The van der Waals surface area contributed by atoms with E-state index in [9.17, 15) is 9.59 Å². The summed E-state index contributed by atoms with van der Waals surface area (Å²) in [7, 11) is 0. The van der Waals surface area contributed by atoms with Crippen molar-refractivity contribution in [2.75, 3.05) is 6.61 Å². The largest absolute Gasteiger partial charge is 0.466 e. The van der Waals surface area contributed by atoms with E-state index in [0.29, 0.717) is 23.2 Å². The molecule has 1 N–H and O–H groups in total. The average Bonchev–Trinajstić information content (AvgIpc) is 2.63. The second kappa shape index (κ2) is 10.8. The molecule has 0 saturated heterocycles. The van der Waals surface area contributed by atoms with Crippen LogP contribution in [0.4, 0.5) is 0 Å². The number of esters is 1. The molecule has 0 saturated carbocycles. The van der Waals surface area contributed by atoms with E-state index in [2.05, 4.69) is 5.32 Å². The summed E-state index contributed by atoms with van der Waals surface area (Å²) in [6, 6.07) is 15.1. The zero-order valence-electron chi connectivity index (χ0n) is 14.3. The van der Waals surface area contributed by atoms with Gasteiger partial charge in [0.1, 0.15) is 0 Å². The Balaban J connectivity index is 1.58. The normalized spacial score (nSPS) is 10.4. The molecule has 0 aliphatic carbocycles. The number of amides is 1. The predicted molar refractivity (Wildman–Crippen MR) is 103 cm³/mol. The number of hydrogen-bond donors (Lipinski definition) is 1. The third kappa shape index (κ3) is 7.46. The number of carbonyl (C=O) groups is 2. The van der Waals surface area contributed by atoms with E-state index >= 15 is 0 Å². The fourth-order valence-corrected chi connectivity index (χ4v) is 2.82. The predicted octanol–water partition coefficient (Wildman–Crippen LogP) is 4.57. The van der Waals surface area contributed by atoms with Gasteiger partial charge in [-0.15, -0.1) is 0 Å². The summed E-state index contributed by atoms with van der Waals surface area (Å²) in [5.41, 5.74) is 1.98. The van der Waals surface area contributed by atoms with Gasteiger partial charge in [-0.05, 0) is 36.1 Å². The van der Waals surface area contributed by atoms with Crippen LogP contribution in [0.5, 0.6) is 0 Å². The third-order valence-electron chi connectivity index (χ3n) is 3.76. The van der Waals surface area contributed by atoms with Gasteiger partial charge in [0, 0.05) is 23.0 Å². The lowest BCUT2D eigenvalue weighted by atomic mass is 10.1. The Hall–Kier alpha value is -2.04. The first-order valence-electron chi connectivity index (χ1n) is 8.45. The molecule has 4 nitrogen and oxygen atoms in total. The monoisotopic (exact) mass is 393 g/mol. The van der Waals surface area contributed by atoms with Crippen molar-refractivity contribution in [3.63, 3.8) is 0 Å². The highest BCUT2D eigenvalue weighted by Gasteiger charge is 2.09. The van der Waals surface area contributed by atoms with Gasteiger partial charge in [0.25, 0.3) is 0 Å². The van der Waals surface area contributed by atoms with E-state index < -0.39 is 0 Å². The van der Waals surface area contributed by atoms with Gasteiger partial charge in [-0.2, -0.15) is 0 Å². The lowest BCUT2D eigenvalue weighted by Gasteiger charge is -2.08. The van der Waals surface area contributed by atoms with Crippen molar-refractivity contribution in [3.8, 4) is 0 Å². The van der Waals surface area contributed by atoms with Crippen LogP contribution in [0.15, 0.2) is 48.5 Å². The Morgan fingerprint density at radius 1 is 1.00 bits per heavy atom. The summed E-state index contributed by atoms with van der Waals surface area (Å²) >= 11 is 11.9. The highest BCUT2D eigenvalue weighted by molar-refractivity contribution is 6.35. The molecule has 2 aromatic rings. The minimum atomic E-state index is -0.363. The molecule has 0 atom stereocenters. The lowest BCUT2D eigenvalue weighted by molar-refractivity contribution is -0.145. The van der Waals surface area contributed by atoms with Gasteiger partial charge in [-0.1, -0.05) is 59.6 Å². The van der Waals surface area contributed by atoms with Crippen LogP contribution in [-0.2, 0) is 27.3 Å². The fraction of sp³-hybridized carbons (Fsp3) is 0.300. The van der Waals surface area contributed by atoms with Gasteiger partial charge in [-0.3, -0.25) is 9.59 Å². The number of carbonyl (C=O) groups excluding carboxylic acids is 2. The third-order valence-corrected chi connectivity index (χ3v) is 4.35.